The van der Waals surface area contributed by atoms with Crippen LogP contribution in [0.1, 0.15) is 5.69 Å². The van der Waals surface area contributed by atoms with Crippen LogP contribution in [0.5, 0.6) is 0 Å². The minimum atomic E-state index is -3.83. The highest BCUT2D eigenvalue weighted by atomic mass is 32.2. The van der Waals surface area contributed by atoms with E-state index in [1.165, 1.54) is 22.3 Å². The molecule has 3 aromatic rings. The van der Waals surface area contributed by atoms with Crippen LogP contribution >= 0.6 is 11.8 Å². The molecule has 1 saturated heterocycles. The van der Waals surface area contributed by atoms with Crippen LogP contribution < -0.4 is 5.56 Å². The molecule has 4 rings (SSSR count). The fraction of sp³-hybridized carbons (Fsp3) is 0.368. The van der Waals surface area contributed by atoms with Crippen molar-refractivity contribution in [3.05, 3.63) is 52.4 Å². The Hall–Kier alpha value is -2.14. The maximum Gasteiger partial charge on any atom is 0.273 e. The summed E-state index contributed by atoms with van der Waals surface area (Å²) in [4.78, 5) is 22.0. The van der Waals surface area contributed by atoms with Gasteiger partial charge in [0.1, 0.15) is 9.92 Å². The number of likely N-dealkylation sites (N-methyl/N-ethyl adjacent to an activating group) is 1. The fourth-order valence-corrected chi connectivity index (χ4v) is 5.91. The van der Waals surface area contributed by atoms with E-state index in [0.717, 1.165) is 26.2 Å². The van der Waals surface area contributed by atoms with E-state index in [1.807, 2.05) is 0 Å². The molecular weight excluding hydrogens is 410 g/mol. The molecule has 0 spiro atoms. The van der Waals surface area contributed by atoms with Gasteiger partial charge in [-0.1, -0.05) is 18.2 Å². The number of thioether (sulfide) groups is 1. The van der Waals surface area contributed by atoms with Crippen LogP contribution in [-0.4, -0.2) is 72.3 Å². The van der Waals surface area contributed by atoms with Gasteiger partial charge in [-0.25, -0.2) is 13.4 Å². The quantitative estimate of drug-likeness (QED) is 0.607. The normalized spacial score (nSPS) is 16.5. The van der Waals surface area contributed by atoms with Gasteiger partial charge in [-0.3, -0.25) is 14.8 Å². The zero-order valence-electron chi connectivity index (χ0n) is 16.3. The number of aromatic nitrogens is 3. The van der Waals surface area contributed by atoms with E-state index in [4.69, 9.17) is 0 Å². The third kappa shape index (κ3) is 3.85. The third-order valence-corrected chi connectivity index (χ3v) is 7.75. The van der Waals surface area contributed by atoms with E-state index >= 15 is 0 Å². The fourth-order valence-electron chi connectivity index (χ4n) is 3.46. The standard InChI is InChI=1S/C19H23N5O3S2/c1-22-8-10-23(11-9-22)13-14-12-16(25)24-18(20-14)17(19(21-24)28-2)29(26,27)15-6-4-3-5-7-15/h3-7,12,21H,8-11,13H2,1-2H3. The summed E-state index contributed by atoms with van der Waals surface area (Å²) >= 11 is 1.24. The van der Waals surface area contributed by atoms with Crippen molar-refractivity contribution in [2.75, 3.05) is 39.5 Å². The second-order valence-electron chi connectivity index (χ2n) is 7.11. The molecule has 29 heavy (non-hydrogen) atoms. The van der Waals surface area contributed by atoms with Crippen molar-refractivity contribution in [3.8, 4) is 0 Å². The van der Waals surface area contributed by atoms with E-state index < -0.39 is 9.84 Å². The lowest BCUT2D eigenvalue weighted by Crippen LogP contribution is -2.44. The second-order valence-corrected chi connectivity index (χ2v) is 9.82. The summed E-state index contributed by atoms with van der Waals surface area (Å²) in [6.07, 6.45) is 1.77. The van der Waals surface area contributed by atoms with Crippen molar-refractivity contribution in [2.24, 2.45) is 0 Å². The van der Waals surface area contributed by atoms with E-state index in [-0.39, 0.29) is 21.0 Å². The monoisotopic (exact) mass is 433 g/mol. The minimum Gasteiger partial charge on any atom is -0.304 e. The van der Waals surface area contributed by atoms with Crippen molar-refractivity contribution in [1.82, 2.24) is 24.4 Å². The molecule has 3 heterocycles. The molecule has 154 valence electrons. The van der Waals surface area contributed by atoms with Gasteiger partial charge in [0.15, 0.2) is 5.65 Å². The predicted octanol–water partition coefficient (Wildman–Crippen LogP) is 1.32. The Morgan fingerprint density at radius 1 is 1.14 bits per heavy atom. The number of nitrogens with one attached hydrogen (secondary N) is 1. The van der Waals surface area contributed by atoms with Gasteiger partial charge >= 0.3 is 0 Å². The molecule has 0 radical (unpaired) electrons. The summed E-state index contributed by atoms with van der Waals surface area (Å²) in [7, 11) is -1.75. The average molecular weight is 434 g/mol. The van der Waals surface area contributed by atoms with Crippen LogP contribution in [0.2, 0.25) is 0 Å². The van der Waals surface area contributed by atoms with E-state index in [1.54, 1.807) is 36.6 Å². The average Bonchev–Trinajstić information content (AvgIpc) is 3.10. The number of hydrogen-bond acceptors (Lipinski definition) is 7. The zero-order valence-corrected chi connectivity index (χ0v) is 18.0. The molecule has 0 unspecified atom stereocenters. The summed E-state index contributed by atoms with van der Waals surface area (Å²) in [5.41, 5.74) is 0.412. The van der Waals surface area contributed by atoms with Crippen LogP contribution in [0.3, 0.4) is 0 Å². The molecule has 0 saturated carbocycles. The van der Waals surface area contributed by atoms with Crippen molar-refractivity contribution >= 4 is 27.2 Å². The first-order valence-electron chi connectivity index (χ1n) is 9.30. The largest absolute Gasteiger partial charge is 0.304 e. The van der Waals surface area contributed by atoms with Crippen LogP contribution in [0.25, 0.3) is 5.65 Å². The minimum absolute atomic E-state index is 0.0496. The van der Waals surface area contributed by atoms with Gasteiger partial charge in [0.2, 0.25) is 9.84 Å². The van der Waals surface area contributed by atoms with Gasteiger partial charge in [-0.05, 0) is 25.4 Å². The number of aromatic amines is 1. The number of benzene rings is 1. The summed E-state index contributed by atoms with van der Waals surface area (Å²) < 4.78 is 27.9. The third-order valence-electron chi connectivity index (χ3n) is 5.10. The maximum atomic E-state index is 13.3. The van der Waals surface area contributed by atoms with Gasteiger partial charge in [-0.15, -0.1) is 11.8 Å². The molecule has 1 aliphatic rings. The summed E-state index contributed by atoms with van der Waals surface area (Å²) in [5.74, 6) is 0. The number of fused-ring (bicyclic) bond motifs is 1. The Kier molecular flexibility index (Phi) is 5.52. The first kappa shape index (κ1) is 20.1. The Morgan fingerprint density at radius 3 is 2.48 bits per heavy atom. The van der Waals surface area contributed by atoms with Crippen LogP contribution in [0, 0.1) is 0 Å². The Balaban J connectivity index is 1.82. The number of hydrogen-bond donors (Lipinski definition) is 1. The van der Waals surface area contributed by atoms with Crippen LogP contribution in [0.4, 0.5) is 0 Å². The number of sulfone groups is 1. The molecule has 0 aliphatic carbocycles. The molecule has 10 heteroatoms. The number of nitrogens with zero attached hydrogens (tertiary/aromatic N) is 4. The van der Waals surface area contributed by atoms with Crippen molar-refractivity contribution in [3.63, 3.8) is 0 Å². The highest BCUT2D eigenvalue weighted by Crippen LogP contribution is 2.31. The highest BCUT2D eigenvalue weighted by molar-refractivity contribution is 7.99. The Labute approximate surface area is 173 Å². The molecule has 0 atom stereocenters. The summed E-state index contributed by atoms with van der Waals surface area (Å²) in [6.45, 7) is 4.20. The SMILES string of the molecule is CSc1[nH]n2c(=O)cc(CN3CCN(C)CC3)nc2c1S(=O)(=O)c1ccccc1. The smallest absolute Gasteiger partial charge is 0.273 e. The van der Waals surface area contributed by atoms with Gasteiger partial charge < -0.3 is 4.90 Å². The lowest BCUT2D eigenvalue weighted by molar-refractivity contribution is 0.147. The molecule has 1 N–H and O–H groups in total. The molecule has 8 nitrogen and oxygen atoms in total. The maximum absolute atomic E-state index is 13.3. The molecule has 2 aromatic heterocycles. The van der Waals surface area contributed by atoms with Crippen LogP contribution in [-0.2, 0) is 16.4 Å². The van der Waals surface area contributed by atoms with Gasteiger partial charge in [0.25, 0.3) is 5.56 Å². The second kappa shape index (κ2) is 7.94. The predicted molar refractivity (Wildman–Crippen MR) is 112 cm³/mol. The molecule has 1 aromatic carbocycles. The molecule has 1 fully saturated rings. The van der Waals surface area contributed by atoms with Crippen molar-refractivity contribution in [2.45, 2.75) is 21.4 Å². The zero-order chi connectivity index (χ0) is 20.6. The van der Waals surface area contributed by atoms with Gasteiger partial charge in [0.05, 0.1) is 10.6 Å². The molecular formula is C19H23N5O3S2. The van der Waals surface area contributed by atoms with Crippen LogP contribution in [0.15, 0.2) is 56.0 Å². The summed E-state index contributed by atoms with van der Waals surface area (Å²) in [6, 6.07) is 9.70. The lowest BCUT2D eigenvalue weighted by atomic mass is 10.3. The van der Waals surface area contributed by atoms with Crippen molar-refractivity contribution < 1.29 is 8.42 Å². The van der Waals surface area contributed by atoms with Gasteiger partial charge in [-0.2, -0.15) is 4.52 Å². The first-order chi connectivity index (χ1) is 13.9. The van der Waals surface area contributed by atoms with E-state index in [0.29, 0.717) is 17.3 Å². The lowest BCUT2D eigenvalue weighted by Gasteiger charge is -2.31. The highest BCUT2D eigenvalue weighted by Gasteiger charge is 2.28. The molecule has 1 aliphatic heterocycles. The molecule has 0 amide bonds. The van der Waals surface area contributed by atoms with E-state index in [9.17, 15) is 13.2 Å². The first-order valence-corrected chi connectivity index (χ1v) is 12.0. The summed E-state index contributed by atoms with van der Waals surface area (Å²) in [5, 5.41) is 3.30. The molecule has 0 bridgehead atoms. The van der Waals surface area contributed by atoms with Crippen molar-refractivity contribution in [1.29, 1.82) is 0 Å². The Morgan fingerprint density at radius 2 is 1.83 bits per heavy atom. The number of piperazine rings is 1. The Bertz CT molecular complexity index is 1180. The number of H-pyrrole nitrogens is 1. The van der Waals surface area contributed by atoms with E-state index in [2.05, 4.69) is 26.9 Å². The van der Waals surface area contributed by atoms with Gasteiger partial charge in [0, 0.05) is 38.8 Å². The topological polar surface area (TPSA) is 90.8 Å². The number of rotatable bonds is 5.